The number of sulfonamides is 1. The summed E-state index contributed by atoms with van der Waals surface area (Å²) in [7, 11) is -4.06. The highest BCUT2D eigenvalue weighted by Gasteiger charge is 2.52. The van der Waals surface area contributed by atoms with Crippen molar-refractivity contribution in [3.8, 4) is 6.07 Å². The molecule has 2 aromatic rings. The maximum absolute atomic E-state index is 12.6. The first-order valence-corrected chi connectivity index (χ1v) is 9.33. The Bertz CT molecular complexity index is 948. The number of halogens is 1. The Morgan fingerprint density at radius 1 is 1.25 bits per heavy atom. The van der Waals surface area contributed by atoms with Crippen LogP contribution in [0, 0.1) is 11.3 Å². The number of hydrogen-bond acceptors (Lipinski definition) is 5. The van der Waals surface area contributed by atoms with Crippen LogP contribution < -0.4 is 4.72 Å². The first-order valence-electron chi connectivity index (χ1n) is 7.06. The first-order chi connectivity index (χ1) is 11.4. The molecule has 1 aromatic carbocycles. The topological polar surface area (TPSA) is 99.9 Å². The fraction of sp³-hybridized carbons (Fsp3) is 0.188. The van der Waals surface area contributed by atoms with Crippen molar-refractivity contribution in [2.45, 2.75) is 23.2 Å². The molecule has 1 aromatic heterocycles. The minimum Gasteiger partial charge on any atom is -0.273 e. The van der Waals surface area contributed by atoms with E-state index >= 15 is 0 Å². The first kappa shape index (κ1) is 16.6. The Morgan fingerprint density at radius 3 is 2.50 bits per heavy atom. The molecule has 1 heterocycles. The fourth-order valence-electron chi connectivity index (χ4n) is 2.50. The molecule has 0 spiro atoms. The van der Waals surface area contributed by atoms with E-state index in [0.29, 0.717) is 17.3 Å². The Morgan fingerprint density at radius 2 is 1.92 bits per heavy atom. The molecule has 0 radical (unpaired) electrons. The van der Waals surface area contributed by atoms with Gasteiger partial charge in [0, 0.05) is 16.9 Å². The molecule has 1 amide bonds. The molecule has 8 heteroatoms. The van der Waals surface area contributed by atoms with Gasteiger partial charge in [0.05, 0.1) is 21.9 Å². The Balaban J connectivity index is 1.89. The van der Waals surface area contributed by atoms with Crippen LogP contribution in [0.3, 0.4) is 0 Å². The molecule has 24 heavy (non-hydrogen) atoms. The quantitative estimate of drug-likeness (QED) is 0.840. The van der Waals surface area contributed by atoms with Gasteiger partial charge in [-0.2, -0.15) is 5.26 Å². The van der Waals surface area contributed by atoms with Crippen molar-refractivity contribution in [3.63, 3.8) is 0 Å². The number of benzene rings is 1. The highest BCUT2D eigenvalue weighted by atomic mass is 79.9. The lowest BCUT2D eigenvalue weighted by molar-refractivity contribution is -0.121. The molecule has 0 saturated heterocycles. The number of nitrogens with one attached hydrogen (secondary N) is 1. The van der Waals surface area contributed by atoms with Gasteiger partial charge >= 0.3 is 0 Å². The summed E-state index contributed by atoms with van der Waals surface area (Å²) in [5.74, 6) is -0.563. The van der Waals surface area contributed by atoms with E-state index in [9.17, 15) is 13.2 Å². The molecule has 0 bridgehead atoms. The lowest BCUT2D eigenvalue weighted by atomic mass is 9.97. The molecule has 0 aliphatic heterocycles. The minimum absolute atomic E-state index is 0.132. The largest absolute Gasteiger partial charge is 0.273 e. The van der Waals surface area contributed by atoms with Crippen molar-refractivity contribution in [2.75, 3.05) is 0 Å². The summed E-state index contributed by atoms with van der Waals surface area (Å²) in [6.07, 6.45) is 4.32. The molecular formula is C16H12BrN3O3S. The summed E-state index contributed by atoms with van der Waals surface area (Å²) in [4.78, 5) is 16.3. The molecule has 0 atom stereocenters. The van der Waals surface area contributed by atoms with Gasteiger partial charge < -0.3 is 0 Å². The predicted molar refractivity (Wildman–Crippen MR) is 89.3 cm³/mol. The van der Waals surface area contributed by atoms with E-state index < -0.39 is 21.3 Å². The minimum atomic E-state index is -4.06. The second-order valence-corrected chi connectivity index (χ2v) is 8.14. The Labute approximate surface area is 147 Å². The molecular weight excluding hydrogens is 394 g/mol. The molecule has 1 fully saturated rings. The molecule has 3 rings (SSSR count). The second kappa shape index (κ2) is 6.00. The van der Waals surface area contributed by atoms with Crippen molar-refractivity contribution >= 4 is 31.9 Å². The van der Waals surface area contributed by atoms with Crippen LogP contribution in [-0.4, -0.2) is 19.3 Å². The van der Waals surface area contributed by atoms with Crippen LogP contribution in [0.25, 0.3) is 0 Å². The standard InChI is InChI=1S/C16H12BrN3O3S/c17-13-7-11(10-18)8-14(9-13)24(22,23)20-15(21)16(3-4-16)12-1-5-19-6-2-12/h1-2,5-9H,3-4H2,(H,20,21). The van der Waals surface area contributed by atoms with Crippen LogP contribution >= 0.6 is 15.9 Å². The van der Waals surface area contributed by atoms with Crippen LogP contribution in [-0.2, 0) is 20.2 Å². The average molecular weight is 406 g/mol. The van der Waals surface area contributed by atoms with Crippen molar-refractivity contribution in [3.05, 3.63) is 58.3 Å². The normalized spacial score (nSPS) is 15.3. The van der Waals surface area contributed by atoms with E-state index in [1.165, 1.54) is 18.2 Å². The zero-order valence-electron chi connectivity index (χ0n) is 12.4. The summed E-state index contributed by atoms with van der Waals surface area (Å²) in [6, 6.07) is 9.40. The van der Waals surface area contributed by atoms with Gasteiger partial charge in [-0.15, -0.1) is 0 Å². The number of nitrogens with zero attached hydrogens (tertiary/aromatic N) is 2. The number of nitriles is 1. The number of pyridine rings is 1. The van der Waals surface area contributed by atoms with Crippen LogP contribution in [0.1, 0.15) is 24.0 Å². The van der Waals surface area contributed by atoms with Gasteiger partial charge in [-0.05, 0) is 48.7 Å². The van der Waals surface area contributed by atoms with E-state index in [1.54, 1.807) is 24.5 Å². The predicted octanol–water partition coefficient (Wildman–Crippen LogP) is 2.25. The summed E-state index contributed by atoms with van der Waals surface area (Å²) >= 11 is 3.17. The average Bonchev–Trinajstić information content (AvgIpc) is 3.36. The number of hydrogen-bond donors (Lipinski definition) is 1. The molecule has 0 unspecified atom stereocenters. The van der Waals surface area contributed by atoms with Gasteiger partial charge in [0.2, 0.25) is 5.91 Å². The van der Waals surface area contributed by atoms with Crippen LogP contribution in [0.2, 0.25) is 0 Å². The molecule has 122 valence electrons. The van der Waals surface area contributed by atoms with Gasteiger partial charge in [0.15, 0.2) is 0 Å². The monoisotopic (exact) mass is 405 g/mol. The highest BCUT2D eigenvalue weighted by molar-refractivity contribution is 9.10. The van der Waals surface area contributed by atoms with Crippen LogP contribution in [0.4, 0.5) is 0 Å². The van der Waals surface area contributed by atoms with Crippen molar-refractivity contribution < 1.29 is 13.2 Å². The van der Waals surface area contributed by atoms with E-state index in [1.807, 2.05) is 6.07 Å². The van der Waals surface area contributed by atoms with E-state index in [-0.39, 0.29) is 10.5 Å². The lowest BCUT2D eigenvalue weighted by Crippen LogP contribution is -2.38. The van der Waals surface area contributed by atoms with E-state index in [0.717, 1.165) is 5.56 Å². The van der Waals surface area contributed by atoms with Gasteiger partial charge in [-0.1, -0.05) is 15.9 Å². The van der Waals surface area contributed by atoms with E-state index in [4.69, 9.17) is 5.26 Å². The summed E-state index contributed by atoms with van der Waals surface area (Å²) in [6.45, 7) is 0. The summed E-state index contributed by atoms with van der Waals surface area (Å²) < 4.78 is 27.6. The zero-order valence-corrected chi connectivity index (χ0v) is 14.8. The molecule has 1 aliphatic rings. The van der Waals surface area contributed by atoms with Gasteiger partial charge in [-0.25, -0.2) is 13.1 Å². The number of aromatic nitrogens is 1. The number of carbonyl (C=O) groups is 1. The summed E-state index contributed by atoms with van der Waals surface area (Å²) in [5, 5.41) is 8.96. The van der Waals surface area contributed by atoms with E-state index in [2.05, 4.69) is 25.6 Å². The van der Waals surface area contributed by atoms with Crippen molar-refractivity contribution in [2.24, 2.45) is 0 Å². The maximum atomic E-state index is 12.6. The number of rotatable bonds is 4. The van der Waals surface area contributed by atoms with Gasteiger partial charge in [-0.3, -0.25) is 9.78 Å². The third kappa shape index (κ3) is 3.05. The highest BCUT2D eigenvalue weighted by Crippen LogP contribution is 2.48. The Hall–Kier alpha value is -2.24. The summed E-state index contributed by atoms with van der Waals surface area (Å²) in [5.41, 5.74) is 0.115. The maximum Gasteiger partial charge on any atom is 0.264 e. The SMILES string of the molecule is N#Cc1cc(Br)cc(S(=O)(=O)NC(=O)C2(c3ccncc3)CC2)c1. The fourth-order valence-corrected chi connectivity index (χ4v) is 4.27. The third-order valence-electron chi connectivity index (χ3n) is 3.96. The second-order valence-electron chi connectivity index (χ2n) is 5.54. The van der Waals surface area contributed by atoms with Crippen molar-refractivity contribution in [1.29, 1.82) is 5.26 Å². The molecule has 6 nitrogen and oxygen atoms in total. The molecule has 1 aliphatic carbocycles. The Kier molecular flexibility index (Phi) is 4.15. The zero-order chi connectivity index (χ0) is 17.4. The van der Waals surface area contributed by atoms with Crippen molar-refractivity contribution in [1.82, 2.24) is 9.71 Å². The smallest absolute Gasteiger partial charge is 0.264 e. The van der Waals surface area contributed by atoms with Gasteiger partial charge in [0.25, 0.3) is 10.0 Å². The van der Waals surface area contributed by atoms with Crippen LogP contribution in [0.15, 0.2) is 52.1 Å². The molecule has 1 N–H and O–H groups in total. The third-order valence-corrected chi connectivity index (χ3v) is 5.72. The van der Waals surface area contributed by atoms with Gasteiger partial charge in [0.1, 0.15) is 0 Å². The molecule has 1 saturated carbocycles. The number of carbonyl (C=O) groups excluding carboxylic acids is 1. The lowest BCUT2D eigenvalue weighted by Gasteiger charge is -2.16. The van der Waals surface area contributed by atoms with Crippen LogP contribution in [0.5, 0.6) is 0 Å². The number of amides is 1.